The Hall–Kier alpha value is -2.87. The van der Waals surface area contributed by atoms with E-state index in [0.29, 0.717) is 5.82 Å². The van der Waals surface area contributed by atoms with Crippen molar-refractivity contribution in [3.63, 3.8) is 0 Å². The molecule has 7 nitrogen and oxygen atoms in total. The molecule has 8 heteroatoms. The van der Waals surface area contributed by atoms with Crippen molar-refractivity contribution in [1.29, 1.82) is 0 Å². The summed E-state index contributed by atoms with van der Waals surface area (Å²) in [6, 6.07) is 13.4. The minimum absolute atomic E-state index is 0.0406. The van der Waals surface area contributed by atoms with Crippen molar-refractivity contribution in [3.05, 3.63) is 52.7 Å². The molecule has 0 aliphatic carbocycles. The first-order valence-electron chi connectivity index (χ1n) is 6.92. The molecule has 0 radical (unpaired) electrons. The molecule has 1 N–H and O–H groups in total. The number of aromatic nitrogens is 4. The largest absolute Gasteiger partial charge is 0.271 e. The van der Waals surface area contributed by atoms with Crippen molar-refractivity contribution < 1.29 is 4.79 Å². The second-order valence-electron chi connectivity index (χ2n) is 4.72. The van der Waals surface area contributed by atoms with Gasteiger partial charge in [-0.2, -0.15) is 9.90 Å². The molecule has 0 saturated carbocycles. The number of carbonyl (C=O) groups is 1. The van der Waals surface area contributed by atoms with Gasteiger partial charge in [0.25, 0.3) is 5.91 Å². The highest BCUT2D eigenvalue weighted by Crippen LogP contribution is 2.11. The van der Waals surface area contributed by atoms with E-state index < -0.39 is 0 Å². The molecule has 23 heavy (non-hydrogen) atoms. The maximum atomic E-state index is 11.9. The van der Waals surface area contributed by atoms with E-state index in [2.05, 4.69) is 25.9 Å². The van der Waals surface area contributed by atoms with Crippen LogP contribution in [0.2, 0.25) is 0 Å². The van der Waals surface area contributed by atoms with Crippen LogP contribution in [0.25, 0.3) is 11.4 Å². The SMILES string of the molecule is C/C(=N\NC(=O)Cn1nnc(-c2ccccc2)n1)c1cccs1. The third-order valence-electron chi connectivity index (χ3n) is 3.00. The molecule has 0 saturated heterocycles. The van der Waals surface area contributed by atoms with E-state index in [4.69, 9.17) is 0 Å². The van der Waals surface area contributed by atoms with Crippen LogP contribution < -0.4 is 5.43 Å². The van der Waals surface area contributed by atoms with Crippen molar-refractivity contribution in [2.45, 2.75) is 13.5 Å². The lowest BCUT2D eigenvalue weighted by molar-refractivity contribution is -0.122. The van der Waals surface area contributed by atoms with Crippen LogP contribution in [0.4, 0.5) is 0 Å². The number of hydrogen-bond acceptors (Lipinski definition) is 6. The van der Waals surface area contributed by atoms with Crippen LogP contribution in [0, 0.1) is 0 Å². The van der Waals surface area contributed by atoms with Crippen LogP contribution >= 0.6 is 11.3 Å². The van der Waals surface area contributed by atoms with Crippen molar-refractivity contribution in [3.8, 4) is 11.4 Å². The number of nitrogens with one attached hydrogen (secondary N) is 1. The number of tetrazole rings is 1. The topological polar surface area (TPSA) is 85.1 Å². The Morgan fingerprint density at radius 2 is 2.09 bits per heavy atom. The molecule has 0 aliphatic heterocycles. The second-order valence-corrected chi connectivity index (χ2v) is 5.67. The van der Waals surface area contributed by atoms with Gasteiger partial charge in [-0.15, -0.1) is 21.5 Å². The van der Waals surface area contributed by atoms with E-state index in [-0.39, 0.29) is 12.5 Å². The zero-order valence-electron chi connectivity index (χ0n) is 12.4. The van der Waals surface area contributed by atoms with E-state index in [1.807, 2.05) is 54.8 Å². The van der Waals surface area contributed by atoms with Crippen LogP contribution in [0.3, 0.4) is 0 Å². The van der Waals surface area contributed by atoms with Crippen LogP contribution in [0.5, 0.6) is 0 Å². The Bertz CT molecular complexity index is 810. The number of hydrazone groups is 1. The first kappa shape index (κ1) is 15.0. The van der Waals surface area contributed by atoms with Gasteiger partial charge in [0.1, 0.15) is 6.54 Å². The van der Waals surface area contributed by atoms with Gasteiger partial charge in [0.05, 0.1) is 5.71 Å². The van der Waals surface area contributed by atoms with Gasteiger partial charge < -0.3 is 0 Å². The van der Waals surface area contributed by atoms with Gasteiger partial charge in [0.15, 0.2) is 0 Å². The number of amides is 1. The lowest BCUT2D eigenvalue weighted by Crippen LogP contribution is -2.25. The Morgan fingerprint density at radius 1 is 1.26 bits per heavy atom. The molecule has 0 unspecified atom stereocenters. The van der Waals surface area contributed by atoms with Crippen molar-refractivity contribution in [2.75, 3.05) is 0 Å². The lowest BCUT2D eigenvalue weighted by Gasteiger charge is -2.00. The fraction of sp³-hybridized carbons (Fsp3) is 0.133. The zero-order valence-corrected chi connectivity index (χ0v) is 13.2. The van der Waals surface area contributed by atoms with Crippen molar-refractivity contribution in [2.24, 2.45) is 5.10 Å². The molecule has 0 bridgehead atoms. The Kier molecular flexibility index (Phi) is 4.53. The van der Waals surface area contributed by atoms with E-state index in [9.17, 15) is 4.79 Å². The minimum Gasteiger partial charge on any atom is -0.271 e. The van der Waals surface area contributed by atoms with Gasteiger partial charge in [-0.25, -0.2) is 5.43 Å². The monoisotopic (exact) mass is 326 g/mol. The van der Waals surface area contributed by atoms with Gasteiger partial charge in [-0.3, -0.25) is 4.79 Å². The summed E-state index contributed by atoms with van der Waals surface area (Å²) in [5, 5.41) is 18.0. The average molecular weight is 326 g/mol. The zero-order chi connectivity index (χ0) is 16.1. The molecule has 0 fully saturated rings. The van der Waals surface area contributed by atoms with Gasteiger partial charge in [-0.05, 0) is 23.6 Å². The summed E-state index contributed by atoms with van der Waals surface area (Å²) >= 11 is 1.57. The third-order valence-corrected chi connectivity index (χ3v) is 3.97. The standard InChI is InChI=1S/C15H14N6OS/c1-11(13-8-5-9-23-13)16-17-14(22)10-21-19-15(18-20-21)12-6-3-2-4-7-12/h2-9H,10H2,1H3,(H,17,22)/b16-11+. The Balaban J connectivity index is 1.60. The Morgan fingerprint density at radius 3 is 2.83 bits per heavy atom. The van der Waals surface area contributed by atoms with Crippen LogP contribution in [0.15, 0.2) is 52.9 Å². The molecule has 2 heterocycles. The first-order valence-corrected chi connectivity index (χ1v) is 7.80. The summed E-state index contributed by atoms with van der Waals surface area (Å²) in [6.07, 6.45) is 0. The fourth-order valence-corrected chi connectivity index (χ4v) is 2.54. The number of thiophene rings is 1. The highest BCUT2D eigenvalue weighted by Gasteiger charge is 2.09. The normalized spacial score (nSPS) is 11.4. The number of carbonyl (C=O) groups excluding carboxylic acids is 1. The minimum atomic E-state index is -0.307. The fourth-order valence-electron chi connectivity index (χ4n) is 1.86. The summed E-state index contributed by atoms with van der Waals surface area (Å²) in [6.45, 7) is 1.80. The summed E-state index contributed by atoms with van der Waals surface area (Å²) in [5.41, 5.74) is 4.10. The summed E-state index contributed by atoms with van der Waals surface area (Å²) in [4.78, 5) is 14.1. The van der Waals surface area contributed by atoms with Gasteiger partial charge in [0.2, 0.25) is 5.82 Å². The molecule has 1 amide bonds. The molecule has 2 aromatic heterocycles. The quantitative estimate of drug-likeness (QED) is 0.573. The second kappa shape index (κ2) is 6.93. The number of nitrogens with zero attached hydrogens (tertiary/aromatic N) is 5. The molecule has 3 rings (SSSR count). The molecule has 0 spiro atoms. The predicted octanol–water partition coefficient (Wildman–Crippen LogP) is 1.94. The van der Waals surface area contributed by atoms with E-state index in [1.165, 1.54) is 4.80 Å². The van der Waals surface area contributed by atoms with Gasteiger partial charge in [0, 0.05) is 10.4 Å². The van der Waals surface area contributed by atoms with Crippen molar-refractivity contribution >= 4 is 23.0 Å². The van der Waals surface area contributed by atoms with Crippen LogP contribution in [-0.4, -0.2) is 31.8 Å². The third kappa shape index (κ3) is 3.86. The molecular weight excluding hydrogens is 312 g/mol. The summed E-state index contributed by atoms with van der Waals surface area (Å²) < 4.78 is 0. The number of rotatable bonds is 5. The maximum Gasteiger partial charge on any atom is 0.263 e. The number of benzene rings is 1. The summed E-state index contributed by atoms with van der Waals surface area (Å²) in [7, 11) is 0. The maximum absolute atomic E-state index is 11.9. The Labute approximate surface area is 136 Å². The molecule has 116 valence electrons. The number of hydrogen-bond donors (Lipinski definition) is 1. The molecular formula is C15H14N6OS. The molecule has 1 aromatic carbocycles. The first-order chi connectivity index (χ1) is 11.2. The van der Waals surface area contributed by atoms with Crippen LogP contribution in [0.1, 0.15) is 11.8 Å². The summed E-state index contributed by atoms with van der Waals surface area (Å²) in [5.74, 6) is 0.176. The highest BCUT2D eigenvalue weighted by atomic mass is 32.1. The predicted molar refractivity (Wildman–Crippen MR) is 87.9 cm³/mol. The average Bonchev–Trinajstić information content (AvgIpc) is 3.25. The van der Waals surface area contributed by atoms with Gasteiger partial charge >= 0.3 is 0 Å². The van der Waals surface area contributed by atoms with E-state index >= 15 is 0 Å². The van der Waals surface area contributed by atoms with E-state index in [1.54, 1.807) is 11.3 Å². The highest BCUT2D eigenvalue weighted by molar-refractivity contribution is 7.12. The molecule has 0 atom stereocenters. The molecule has 3 aromatic rings. The van der Waals surface area contributed by atoms with E-state index in [0.717, 1.165) is 16.2 Å². The smallest absolute Gasteiger partial charge is 0.263 e. The van der Waals surface area contributed by atoms with Crippen molar-refractivity contribution in [1.82, 2.24) is 25.6 Å². The lowest BCUT2D eigenvalue weighted by atomic mass is 10.2. The van der Waals surface area contributed by atoms with Gasteiger partial charge in [-0.1, -0.05) is 36.4 Å². The molecule has 0 aliphatic rings. The van der Waals surface area contributed by atoms with Crippen LogP contribution in [-0.2, 0) is 11.3 Å².